The molecule has 0 aliphatic rings. The smallest absolute Gasteiger partial charge is 0.305 e. The summed E-state index contributed by atoms with van der Waals surface area (Å²) in [7, 11) is 0. The number of thiol groups is 3. The summed E-state index contributed by atoms with van der Waals surface area (Å²) in [5, 5.41) is 9.83. The fraction of sp³-hybridized carbons (Fsp3) is 0.824. The van der Waals surface area contributed by atoms with Gasteiger partial charge in [-0.3, -0.25) is 14.4 Å². The summed E-state index contributed by atoms with van der Waals surface area (Å²) in [4.78, 5) is 35.3. The highest BCUT2D eigenvalue weighted by Gasteiger charge is 2.35. The average molecular weight is 443 g/mol. The first-order chi connectivity index (χ1) is 12.9. The van der Waals surface area contributed by atoms with Crippen molar-refractivity contribution in [3.05, 3.63) is 0 Å². The Morgan fingerprint density at radius 2 is 0.963 bits per heavy atom. The lowest BCUT2D eigenvalue weighted by Gasteiger charge is -2.30. The topological polar surface area (TPSA) is 99.1 Å². The molecule has 0 aromatic heterocycles. The Bertz CT molecular complexity index is 386. The monoisotopic (exact) mass is 442 g/mol. The van der Waals surface area contributed by atoms with Crippen molar-refractivity contribution in [2.24, 2.45) is 5.41 Å². The number of aliphatic hydroxyl groups is 1. The summed E-state index contributed by atoms with van der Waals surface area (Å²) in [5.74, 6) is 0.280. The Hall–Kier alpha value is -0.580. The fourth-order valence-electron chi connectivity index (χ4n) is 1.85. The summed E-state index contributed by atoms with van der Waals surface area (Å²) in [5.41, 5.74) is -1.20. The normalized spacial score (nSPS) is 11.1. The summed E-state index contributed by atoms with van der Waals surface area (Å²) in [6.45, 7) is -1.16. The van der Waals surface area contributed by atoms with Crippen molar-refractivity contribution in [1.82, 2.24) is 0 Å². The molecule has 0 fully saturated rings. The summed E-state index contributed by atoms with van der Waals surface area (Å²) in [6.07, 6.45) is 2.25. The quantitative estimate of drug-likeness (QED) is 0.164. The van der Waals surface area contributed by atoms with E-state index in [4.69, 9.17) is 14.2 Å². The maximum Gasteiger partial charge on any atom is 0.305 e. The third kappa shape index (κ3) is 13.3. The molecule has 0 radical (unpaired) electrons. The molecule has 27 heavy (non-hydrogen) atoms. The Labute approximate surface area is 177 Å². The number of carbonyl (C=O) groups is 3. The van der Waals surface area contributed by atoms with Gasteiger partial charge in [0.15, 0.2) is 0 Å². The van der Waals surface area contributed by atoms with Crippen molar-refractivity contribution in [1.29, 1.82) is 0 Å². The number of carbonyl (C=O) groups excluding carboxylic acids is 3. The first-order valence-corrected chi connectivity index (χ1v) is 10.7. The van der Waals surface area contributed by atoms with E-state index in [1.807, 2.05) is 0 Å². The van der Waals surface area contributed by atoms with Crippen LogP contribution in [0.15, 0.2) is 0 Å². The van der Waals surface area contributed by atoms with Crippen LogP contribution in [0.5, 0.6) is 0 Å². The summed E-state index contributed by atoms with van der Waals surface area (Å²) >= 11 is 12.1. The van der Waals surface area contributed by atoms with Crippen LogP contribution in [0.2, 0.25) is 0 Å². The highest BCUT2D eigenvalue weighted by molar-refractivity contribution is 7.80. The third-order valence-electron chi connectivity index (χ3n) is 3.57. The van der Waals surface area contributed by atoms with E-state index in [1.54, 1.807) is 0 Å². The average Bonchev–Trinajstić information content (AvgIpc) is 2.68. The second-order valence-corrected chi connectivity index (χ2v) is 7.46. The molecule has 0 rings (SSSR count). The highest BCUT2D eigenvalue weighted by Crippen LogP contribution is 2.20. The van der Waals surface area contributed by atoms with E-state index in [-0.39, 0.29) is 39.1 Å². The van der Waals surface area contributed by atoms with Crippen molar-refractivity contribution in [3.8, 4) is 0 Å². The van der Waals surface area contributed by atoms with Crippen LogP contribution in [0.25, 0.3) is 0 Å². The van der Waals surface area contributed by atoms with Gasteiger partial charge in [-0.15, -0.1) is 0 Å². The minimum absolute atomic E-state index is 0.189. The van der Waals surface area contributed by atoms with E-state index >= 15 is 0 Å². The van der Waals surface area contributed by atoms with Gasteiger partial charge in [0.25, 0.3) is 0 Å². The van der Waals surface area contributed by atoms with Gasteiger partial charge in [-0.25, -0.2) is 0 Å². The van der Waals surface area contributed by atoms with Crippen LogP contribution in [0.4, 0.5) is 0 Å². The Morgan fingerprint density at radius 1 is 0.667 bits per heavy atom. The van der Waals surface area contributed by atoms with Crippen LogP contribution >= 0.6 is 37.9 Å². The fourth-order valence-corrected chi connectivity index (χ4v) is 2.32. The molecular weight excluding hydrogens is 412 g/mol. The van der Waals surface area contributed by atoms with Gasteiger partial charge in [-0.2, -0.15) is 37.9 Å². The van der Waals surface area contributed by atoms with Crippen LogP contribution in [0.1, 0.15) is 38.5 Å². The van der Waals surface area contributed by atoms with Crippen molar-refractivity contribution in [3.63, 3.8) is 0 Å². The predicted octanol–water partition coefficient (Wildman–Crippen LogP) is 1.72. The Balaban J connectivity index is 4.82. The highest BCUT2D eigenvalue weighted by atomic mass is 32.1. The number of hydrogen-bond donors (Lipinski definition) is 4. The van der Waals surface area contributed by atoms with Crippen molar-refractivity contribution in [2.75, 3.05) is 43.7 Å². The summed E-state index contributed by atoms with van der Waals surface area (Å²) in [6, 6.07) is 0. The second-order valence-electron chi connectivity index (χ2n) is 6.12. The first-order valence-electron chi connectivity index (χ1n) is 8.83. The molecule has 7 nitrogen and oxygen atoms in total. The van der Waals surface area contributed by atoms with Crippen LogP contribution < -0.4 is 0 Å². The minimum atomic E-state index is -1.20. The lowest BCUT2D eigenvalue weighted by atomic mass is 9.92. The summed E-state index contributed by atoms with van der Waals surface area (Å²) < 4.78 is 15.6. The van der Waals surface area contributed by atoms with E-state index in [2.05, 4.69) is 37.9 Å². The number of aliphatic hydroxyl groups excluding tert-OH is 1. The molecule has 0 heterocycles. The molecule has 0 aliphatic carbocycles. The molecule has 0 aliphatic heterocycles. The van der Waals surface area contributed by atoms with E-state index < -0.39 is 29.9 Å². The maximum absolute atomic E-state index is 11.8. The molecule has 0 atom stereocenters. The molecule has 158 valence electrons. The number of ether oxygens (including phenoxy) is 3. The molecule has 0 aromatic carbocycles. The lowest BCUT2D eigenvalue weighted by molar-refractivity contribution is -0.165. The third-order valence-corrected chi connectivity index (χ3v) is 4.52. The molecule has 0 bridgehead atoms. The van der Waals surface area contributed by atoms with Crippen LogP contribution in [-0.2, 0) is 28.6 Å². The van der Waals surface area contributed by atoms with E-state index in [9.17, 15) is 19.5 Å². The minimum Gasteiger partial charge on any atom is -0.465 e. The van der Waals surface area contributed by atoms with E-state index in [0.29, 0.717) is 36.5 Å². The van der Waals surface area contributed by atoms with Gasteiger partial charge in [0.1, 0.15) is 19.8 Å². The van der Waals surface area contributed by atoms with Gasteiger partial charge in [0, 0.05) is 19.3 Å². The molecule has 0 amide bonds. The molecule has 0 unspecified atom stereocenters. The molecule has 0 spiro atoms. The van der Waals surface area contributed by atoms with Gasteiger partial charge in [-0.1, -0.05) is 0 Å². The van der Waals surface area contributed by atoms with Gasteiger partial charge < -0.3 is 19.3 Å². The number of hydrogen-bond acceptors (Lipinski definition) is 10. The zero-order valence-electron chi connectivity index (χ0n) is 15.4. The SMILES string of the molecule is O=C(CCCS)OCC(CO)(COC(=O)CCCS)COC(=O)CCCS. The molecule has 1 N–H and O–H groups in total. The van der Waals surface area contributed by atoms with Gasteiger partial charge in [0.2, 0.25) is 0 Å². The maximum atomic E-state index is 11.8. The lowest BCUT2D eigenvalue weighted by Crippen LogP contribution is -2.42. The van der Waals surface area contributed by atoms with Crippen molar-refractivity contribution < 1.29 is 33.7 Å². The largest absolute Gasteiger partial charge is 0.465 e. The van der Waals surface area contributed by atoms with Gasteiger partial charge in [-0.05, 0) is 36.5 Å². The zero-order valence-corrected chi connectivity index (χ0v) is 18.1. The van der Waals surface area contributed by atoms with Crippen LogP contribution in [-0.4, -0.2) is 66.7 Å². The van der Waals surface area contributed by atoms with E-state index in [0.717, 1.165) is 0 Å². The molecule has 0 aromatic rings. The van der Waals surface area contributed by atoms with Crippen molar-refractivity contribution >= 4 is 55.8 Å². The zero-order chi connectivity index (χ0) is 20.5. The van der Waals surface area contributed by atoms with Gasteiger partial charge in [0.05, 0.1) is 12.0 Å². The molecular formula is C17H30O7S3. The number of rotatable bonds is 16. The van der Waals surface area contributed by atoms with Crippen LogP contribution in [0, 0.1) is 5.41 Å². The predicted molar refractivity (Wildman–Crippen MR) is 112 cm³/mol. The second kappa shape index (κ2) is 16.4. The van der Waals surface area contributed by atoms with E-state index in [1.165, 1.54) is 0 Å². The molecule has 0 saturated carbocycles. The van der Waals surface area contributed by atoms with Crippen LogP contribution in [0.3, 0.4) is 0 Å². The Kier molecular flexibility index (Phi) is 16.0. The number of esters is 3. The Morgan fingerprint density at radius 3 is 1.19 bits per heavy atom. The molecule has 10 heteroatoms. The van der Waals surface area contributed by atoms with Gasteiger partial charge >= 0.3 is 17.9 Å². The molecule has 0 saturated heterocycles. The van der Waals surface area contributed by atoms with Crippen molar-refractivity contribution in [2.45, 2.75) is 38.5 Å². The standard InChI is InChI=1S/C17H30O7S3/c18-10-17(11-22-14(19)4-1-7-25,12-23-15(20)5-2-8-26)13-24-16(21)6-3-9-27/h18,25-27H,1-13H2. The first kappa shape index (κ1) is 26.4.